The number of carboxylic acids is 1. The molecule has 7 nitrogen and oxygen atoms in total. The highest BCUT2D eigenvalue weighted by atomic mass is 16.5. The molecule has 0 saturated carbocycles. The molecule has 1 aromatic heterocycles. The number of aromatic nitrogens is 2. The summed E-state index contributed by atoms with van der Waals surface area (Å²) in [6.07, 6.45) is 1.03. The Morgan fingerprint density at radius 2 is 2.23 bits per heavy atom. The van der Waals surface area contributed by atoms with Gasteiger partial charge in [0.2, 0.25) is 5.95 Å². The molecule has 0 radical (unpaired) electrons. The van der Waals surface area contributed by atoms with Gasteiger partial charge in [0.05, 0.1) is 29.8 Å². The number of aromatic amines is 1. The Bertz CT molecular complexity index is 649. The fourth-order valence-corrected chi connectivity index (χ4v) is 2.56. The molecule has 1 saturated heterocycles. The quantitative estimate of drug-likeness (QED) is 0.699. The second-order valence-corrected chi connectivity index (χ2v) is 5.36. The van der Waals surface area contributed by atoms with Crippen LogP contribution in [-0.4, -0.2) is 65.3 Å². The molecule has 2 heterocycles. The standard InChI is InChI=1S/C15H20N4O3/c20-14(21)11-2-3-12-13(10-11)18-15(17-12)16-4-1-5-19-6-8-22-9-7-19/h2-3,10H,1,4-9H2,(H,20,21)(H2,16,17,18). The van der Waals surface area contributed by atoms with E-state index in [4.69, 9.17) is 9.84 Å². The largest absolute Gasteiger partial charge is 0.478 e. The van der Waals surface area contributed by atoms with E-state index in [1.54, 1.807) is 18.2 Å². The number of rotatable bonds is 6. The van der Waals surface area contributed by atoms with E-state index in [-0.39, 0.29) is 5.56 Å². The number of imidazole rings is 1. The van der Waals surface area contributed by atoms with Crippen molar-refractivity contribution in [2.75, 3.05) is 44.7 Å². The summed E-state index contributed by atoms with van der Waals surface area (Å²) in [7, 11) is 0. The zero-order valence-corrected chi connectivity index (χ0v) is 12.3. The van der Waals surface area contributed by atoms with E-state index in [2.05, 4.69) is 20.2 Å². The lowest BCUT2D eigenvalue weighted by Crippen LogP contribution is -2.37. The number of carboxylic acid groups (broad SMARTS) is 1. The van der Waals surface area contributed by atoms with Crippen molar-refractivity contribution in [2.24, 2.45) is 0 Å². The number of ether oxygens (including phenoxy) is 1. The van der Waals surface area contributed by atoms with Gasteiger partial charge < -0.3 is 20.1 Å². The van der Waals surface area contributed by atoms with Crippen molar-refractivity contribution in [3.63, 3.8) is 0 Å². The van der Waals surface area contributed by atoms with Crippen LogP contribution in [-0.2, 0) is 4.74 Å². The van der Waals surface area contributed by atoms with Crippen LogP contribution in [0.3, 0.4) is 0 Å². The minimum Gasteiger partial charge on any atom is -0.478 e. The second-order valence-electron chi connectivity index (χ2n) is 5.36. The van der Waals surface area contributed by atoms with Crippen molar-refractivity contribution in [3.05, 3.63) is 23.8 Å². The Hall–Kier alpha value is -2.12. The monoisotopic (exact) mass is 304 g/mol. The molecule has 1 aliphatic rings. The van der Waals surface area contributed by atoms with Gasteiger partial charge in [-0.25, -0.2) is 9.78 Å². The van der Waals surface area contributed by atoms with Gasteiger partial charge in [-0.2, -0.15) is 0 Å². The van der Waals surface area contributed by atoms with Crippen molar-refractivity contribution in [1.82, 2.24) is 14.9 Å². The Morgan fingerprint density at radius 1 is 1.41 bits per heavy atom. The number of carbonyl (C=O) groups is 1. The third-order valence-corrected chi connectivity index (χ3v) is 3.78. The molecule has 1 aromatic carbocycles. The first kappa shape index (κ1) is 14.8. The van der Waals surface area contributed by atoms with Gasteiger partial charge in [0.1, 0.15) is 0 Å². The number of hydrogen-bond acceptors (Lipinski definition) is 5. The Labute approximate surface area is 128 Å². The maximum atomic E-state index is 10.9. The van der Waals surface area contributed by atoms with Crippen molar-refractivity contribution in [2.45, 2.75) is 6.42 Å². The summed E-state index contributed by atoms with van der Waals surface area (Å²) in [5.41, 5.74) is 1.76. The van der Waals surface area contributed by atoms with Gasteiger partial charge in [0.25, 0.3) is 0 Å². The summed E-state index contributed by atoms with van der Waals surface area (Å²) in [5, 5.41) is 12.2. The number of morpholine rings is 1. The van der Waals surface area contributed by atoms with Crippen molar-refractivity contribution < 1.29 is 14.6 Å². The fraction of sp³-hybridized carbons (Fsp3) is 0.467. The Balaban J connectivity index is 1.52. The first-order valence-electron chi connectivity index (χ1n) is 7.49. The van der Waals surface area contributed by atoms with Crippen LogP contribution in [0.5, 0.6) is 0 Å². The van der Waals surface area contributed by atoms with E-state index in [0.29, 0.717) is 5.95 Å². The molecule has 0 aliphatic carbocycles. The minimum absolute atomic E-state index is 0.259. The number of H-pyrrole nitrogens is 1. The van der Waals surface area contributed by atoms with Crippen LogP contribution in [0.1, 0.15) is 16.8 Å². The SMILES string of the molecule is O=C(O)c1ccc2nc(NCCCN3CCOCC3)[nH]c2c1. The van der Waals surface area contributed by atoms with Crippen molar-refractivity contribution in [3.8, 4) is 0 Å². The summed E-state index contributed by atoms with van der Waals surface area (Å²) >= 11 is 0. The number of anilines is 1. The minimum atomic E-state index is -0.934. The lowest BCUT2D eigenvalue weighted by molar-refractivity contribution is 0.0378. The molecule has 1 aliphatic heterocycles. The Kier molecular flexibility index (Phi) is 4.55. The predicted molar refractivity (Wildman–Crippen MR) is 83.4 cm³/mol. The summed E-state index contributed by atoms with van der Waals surface area (Å²) in [6.45, 7) is 5.51. The maximum absolute atomic E-state index is 10.9. The highest BCUT2D eigenvalue weighted by molar-refractivity contribution is 5.92. The number of nitrogens with one attached hydrogen (secondary N) is 2. The molecule has 1 fully saturated rings. The van der Waals surface area contributed by atoms with Crippen LogP contribution in [0.15, 0.2) is 18.2 Å². The molecular weight excluding hydrogens is 284 g/mol. The average molecular weight is 304 g/mol. The molecule has 3 N–H and O–H groups in total. The Morgan fingerprint density at radius 3 is 3.00 bits per heavy atom. The van der Waals surface area contributed by atoms with E-state index in [1.807, 2.05) is 0 Å². The molecule has 0 atom stereocenters. The van der Waals surface area contributed by atoms with Crippen LogP contribution >= 0.6 is 0 Å². The van der Waals surface area contributed by atoms with Crippen LogP contribution in [0.4, 0.5) is 5.95 Å². The molecule has 2 aromatic rings. The van der Waals surface area contributed by atoms with Gasteiger partial charge in [-0.1, -0.05) is 0 Å². The number of benzene rings is 1. The number of aromatic carboxylic acids is 1. The van der Waals surface area contributed by atoms with Gasteiger partial charge in [0, 0.05) is 19.6 Å². The van der Waals surface area contributed by atoms with Gasteiger partial charge in [-0.05, 0) is 31.2 Å². The molecular formula is C15H20N4O3. The van der Waals surface area contributed by atoms with Crippen LogP contribution < -0.4 is 5.32 Å². The highest BCUT2D eigenvalue weighted by Gasteiger charge is 2.10. The van der Waals surface area contributed by atoms with E-state index in [1.165, 1.54) is 0 Å². The van der Waals surface area contributed by atoms with Gasteiger partial charge in [-0.15, -0.1) is 0 Å². The molecule has 0 spiro atoms. The molecule has 0 unspecified atom stereocenters. The first-order valence-corrected chi connectivity index (χ1v) is 7.49. The van der Waals surface area contributed by atoms with Gasteiger partial charge in [0.15, 0.2) is 0 Å². The van der Waals surface area contributed by atoms with E-state index >= 15 is 0 Å². The molecule has 0 bridgehead atoms. The van der Waals surface area contributed by atoms with Crippen LogP contribution in [0, 0.1) is 0 Å². The smallest absolute Gasteiger partial charge is 0.335 e. The van der Waals surface area contributed by atoms with Crippen LogP contribution in [0.2, 0.25) is 0 Å². The number of fused-ring (bicyclic) bond motifs is 1. The molecule has 0 amide bonds. The fourth-order valence-electron chi connectivity index (χ4n) is 2.56. The number of hydrogen-bond donors (Lipinski definition) is 3. The summed E-state index contributed by atoms with van der Waals surface area (Å²) in [5.74, 6) is -0.254. The first-order chi connectivity index (χ1) is 10.7. The number of nitrogens with zero attached hydrogens (tertiary/aromatic N) is 2. The van der Waals surface area contributed by atoms with Crippen molar-refractivity contribution in [1.29, 1.82) is 0 Å². The van der Waals surface area contributed by atoms with Gasteiger partial charge in [-0.3, -0.25) is 4.90 Å². The third kappa shape index (κ3) is 3.55. The van der Waals surface area contributed by atoms with Crippen LogP contribution in [0.25, 0.3) is 11.0 Å². The third-order valence-electron chi connectivity index (χ3n) is 3.78. The predicted octanol–water partition coefficient (Wildman–Crippen LogP) is 1.40. The topological polar surface area (TPSA) is 90.5 Å². The summed E-state index contributed by atoms with van der Waals surface area (Å²) in [4.78, 5) is 20.9. The lowest BCUT2D eigenvalue weighted by Gasteiger charge is -2.26. The maximum Gasteiger partial charge on any atom is 0.335 e. The molecule has 7 heteroatoms. The zero-order valence-electron chi connectivity index (χ0n) is 12.3. The second kappa shape index (κ2) is 6.76. The highest BCUT2D eigenvalue weighted by Crippen LogP contribution is 2.16. The van der Waals surface area contributed by atoms with E-state index < -0.39 is 5.97 Å². The normalized spacial score (nSPS) is 16.0. The van der Waals surface area contributed by atoms with E-state index in [0.717, 1.165) is 56.8 Å². The lowest BCUT2D eigenvalue weighted by atomic mass is 10.2. The molecule has 3 rings (SSSR count). The average Bonchev–Trinajstić information content (AvgIpc) is 2.94. The van der Waals surface area contributed by atoms with E-state index in [9.17, 15) is 4.79 Å². The molecule has 118 valence electrons. The van der Waals surface area contributed by atoms with Gasteiger partial charge >= 0.3 is 5.97 Å². The summed E-state index contributed by atoms with van der Waals surface area (Å²) < 4.78 is 5.32. The molecule has 22 heavy (non-hydrogen) atoms. The van der Waals surface area contributed by atoms with Crippen molar-refractivity contribution >= 4 is 23.0 Å². The zero-order chi connectivity index (χ0) is 15.4. The summed E-state index contributed by atoms with van der Waals surface area (Å²) in [6, 6.07) is 4.88.